The summed E-state index contributed by atoms with van der Waals surface area (Å²) < 4.78 is 34.5. The number of ketones is 1. The highest BCUT2D eigenvalue weighted by molar-refractivity contribution is 7.93. The van der Waals surface area contributed by atoms with Crippen molar-refractivity contribution in [3.63, 3.8) is 0 Å². The Morgan fingerprint density at radius 1 is 1.05 bits per heavy atom. The van der Waals surface area contributed by atoms with Gasteiger partial charge in [0.2, 0.25) is 0 Å². The molecule has 3 aliphatic heterocycles. The maximum absolute atomic E-state index is 12.2. The Hall–Kier alpha value is -0.460. The summed E-state index contributed by atoms with van der Waals surface area (Å²) in [5.41, 5.74) is 0. The Morgan fingerprint density at radius 3 is 2.21 bits per heavy atom. The first kappa shape index (κ1) is 13.5. The molecule has 2 atom stereocenters. The summed E-state index contributed by atoms with van der Waals surface area (Å²) >= 11 is 0. The fourth-order valence-electron chi connectivity index (χ4n) is 3.51. The zero-order chi connectivity index (χ0) is 13.5. The van der Waals surface area contributed by atoms with Gasteiger partial charge in [-0.1, -0.05) is 0 Å². The van der Waals surface area contributed by atoms with E-state index >= 15 is 0 Å². The first-order valence-electron chi connectivity index (χ1n) is 7.06. The van der Waals surface area contributed by atoms with E-state index < -0.39 is 9.84 Å². The van der Waals surface area contributed by atoms with Crippen molar-refractivity contribution in [3.8, 4) is 0 Å². The predicted molar refractivity (Wildman–Crippen MR) is 68.4 cm³/mol. The molecule has 3 fully saturated rings. The van der Waals surface area contributed by atoms with E-state index in [-0.39, 0.29) is 28.5 Å². The van der Waals surface area contributed by atoms with Gasteiger partial charge in [-0.3, -0.25) is 4.79 Å². The lowest BCUT2D eigenvalue weighted by Gasteiger charge is -2.27. The van der Waals surface area contributed by atoms with Crippen LogP contribution in [-0.2, 0) is 24.1 Å². The van der Waals surface area contributed by atoms with E-state index in [1.54, 1.807) is 0 Å². The SMILES string of the molecule is O=C(CCC1OCCO1)C1CC2CCC(C1)S2(=O)=O. The molecule has 3 saturated heterocycles. The van der Waals surface area contributed by atoms with E-state index in [4.69, 9.17) is 9.47 Å². The third-order valence-corrected chi connectivity index (χ3v) is 7.32. The van der Waals surface area contributed by atoms with Crippen LogP contribution in [-0.4, -0.2) is 44.2 Å². The van der Waals surface area contributed by atoms with E-state index in [1.807, 2.05) is 0 Å². The molecule has 3 rings (SSSR count). The summed E-state index contributed by atoms with van der Waals surface area (Å²) in [6.45, 7) is 1.20. The zero-order valence-electron chi connectivity index (χ0n) is 10.9. The molecule has 0 N–H and O–H groups in total. The molecule has 5 nitrogen and oxygen atoms in total. The monoisotopic (exact) mass is 288 g/mol. The van der Waals surface area contributed by atoms with Gasteiger partial charge in [0, 0.05) is 18.8 Å². The average Bonchev–Trinajstić information content (AvgIpc) is 2.89. The van der Waals surface area contributed by atoms with Gasteiger partial charge in [-0.25, -0.2) is 8.42 Å². The van der Waals surface area contributed by atoms with Crippen LogP contribution in [0, 0.1) is 5.92 Å². The maximum Gasteiger partial charge on any atom is 0.158 e. The fraction of sp³-hybridized carbons (Fsp3) is 0.923. The van der Waals surface area contributed by atoms with Crippen molar-refractivity contribution in [1.29, 1.82) is 0 Å². The molecule has 0 radical (unpaired) electrons. The van der Waals surface area contributed by atoms with Crippen molar-refractivity contribution >= 4 is 15.6 Å². The highest BCUT2D eigenvalue weighted by Gasteiger charge is 2.48. The van der Waals surface area contributed by atoms with Crippen molar-refractivity contribution in [3.05, 3.63) is 0 Å². The summed E-state index contributed by atoms with van der Waals surface area (Å²) in [5.74, 6) is 0.119. The standard InChI is InChI=1S/C13H20O5S/c14-12(3-4-13-17-5-6-18-13)9-7-10-1-2-11(8-9)19(10,15)16/h9-11,13H,1-8H2. The van der Waals surface area contributed by atoms with Gasteiger partial charge in [0.1, 0.15) is 5.78 Å². The summed E-state index contributed by atoms with van der Waals surface area (Å²) in [5, 5.41) is -0.529. The Kier molecular flexibility index (Phi) is 3.66. The molecule has 19 heavy (non-hydrogen) atoms. The van der Waals surface area contributed by atoms with Crippen LogP contribution >= 0.6 is 0 Å². The Balaban J connectivity index is 1.54. The van der Waals surface area contributed by atoms with Gasteiger partial charge in [-0.2, -0.15) is 0 Å². The zero-order valence-corrected chi connectivity index (χ0v) is 11.7. The topological polar surface area (TPSA) is 69.7 Å². The minimum atomic E-state index is -2.93. The van der Waals surface area contributed by atoms with Crippen molar-refractivity contribution < 1.29 is 22.7 Å². The number of fused-ring (bicyclic) bond motifs is 2. The van der Waals surface area contributed by atoms with Crippen LogP contribution in [0.2, 0.25) is 0 Å². The highest BCUT2D eigenvalue weighted by atomic mass is 32.2. The number of Topliss-reactive ketones (excluding diaryl/α,β-unsaturated/α-hetero) is 1. The van der Waals surface area contributed by atoms with Gasteiger partial charge in [0.05, 0.1) is 23.7 Å². The number of hydrogen-bond donors (Lipinski definition) is 0. The normalized spacial score (nSPS) is 37.6. The van der Waals surface area contributed by atoms with Crippen LogP contribution in [0.5, 0.6) is 0 Å². The lowest BCUT2D eigenvalue weighted by Crippen LogP contribution is -2.36. The lowest BCUT2D eigenvalue weighted by molar-refractivity contribution is -0.125. The van der Waals surface area contributed by atoms with Crippen molar-refractivity contribution in [2.24, 2.45) is 5.92 Å². The van der Waals surface area contributed by atoms with Crippen molar-refractivity contribution in [1.82, 2.24) is 0 Å². The van der Waals surface area contributed by atoms with Crippen LogP contribution in [0.3, 0.4) is 0 Å². The van der Waals surface area contributed by atoms with Gasteiger partial charge in [-0.05, 0) is 25.7 Å². The molecule has 0 aliphatic carbocycles. The molecule has 108 valence electrons. The quantitative estimate of drug-likeness (QED) is 0.774. The first-order chi connectivity index (χ1) is 9.07. The smallest absolute Gasteiger partial charge is 0.158 e. The van der Waals surface area contributed by atoms with Gasteiger partial charge in [-0.15, -0.1) is 0 Å². The summed E-state index contributed by atoms with van der Waals surface area (Å²) in [6.07, 6.45) is 3.34. The van der Waals surface area contributed by atoms with Crippen molar-refractivity contribution in [2.45, 2.75) is 55.3 Å². The van der Waals surface area contributed by atoms with E-state index in [0.29, 0.717) is 38.9 Å². The van der Waals surface area contributed by atoms with Gasteiger partial charge in [0.25, 0.3) is 0 Å². The van der Waals surface area contributed by atoms with Gasteiger partial charge in [0.15, 0.2) is 16.1 Å². The van der Waals surface area contributed by atoms with Crippen LogP contribution in [0.1, 0.15) is 38.5 Å². The molecule has 0 spiro atoms. The van der Waals surface area contributed by atoms with E-state index in [9.17, 15) is 13.2 Å². The molecule has 0 aromatic rings. The number of carbonyl (C=O) groups is 1. The van der Waals surface area contributed by atoms with E-state index in [2.05, 4.69) is 0 Å². The predicted octanol–water partition coefficient (Wildman–Crippen LogP) is 1.06. The molecule has 6 heteroatoms. The Labute approximate surface area is 113 Å². The minimum Gasteiger partial charge on any atom is -0.350 e. The Bertz CT molecular complexity index is 432. The largest absolute Gasteiger partial charge is 0.350 e. The lowest BCUT2D eigenvalue weighted by atomic mass is 9.92. The summed E-state index contributed by atoms with van der Waals surface area (Å²) in [7, 11) is -2.93. The van der Waals surface area contributed by atoms with Crippen molar-refractivity contribution in [2.75, 3.05) is 13.2 Å². The third kappa shape index (κ3) is 2.58. The molecule has 2 bridgehead atoms. The second-order valence-corrected chi connectivity index (χ2v) is 8.27. The molecular weight excluding hydrogens is 268 g/mol. The second-order valence-electron chi connectivity index (χ2n) is 5.75. The number of sulfone groups is 1. The molecular formula is C13H20O5S. The minimum absolute atomic E-state index is 0.0672. The average molecular weight is 288 g/mol. The Morgan fingerprint density at radius 2 is 1.63 bits per heavy atom. The molecule has 3 heterocycles. The first-order valence-corrected chi connectivity index (χ1v) is 8.67. The van der Waals surface area contributed by atoms with E-state index in [1.165, 1.54) is 0 Å². The maximum atomic E-state index is 12.2. The van der Waals surface area contributed by atoms with Crippen LogP contribution in [0.4, 0.5) is 0 Å². The number of carbonyl (C=O) groups excluding carboxylic acids is 1. The number of rotatable bonds is 4. The highest BCUT2D eigenvalue weighted by Crippen LogP contribution is 2.41. The molecule has 3 aliphatic rings. The van der Waals surface area contributed by atoms with Gasteiger partial charge >= 0.3 is 0 Å². The van der Waals surface area contributed by atoms with Crippen LogP contribution < -0.4 is 0 Å². The summed E-state index contributed by atoms with van der Waals surface area (Å²) in [4.78, 5) is 12.2. The molecule has 0 aromatic carbocycles. The van der Waals surface area contributed by atoms with Crippen LogP contribution in [0.25, 0.3) is 0 Å². The summed E-state index contributed by atoms with van der Waals surface area (Å²) in [6, 6.07) is 0. The molecule has 0 saturated carbocycles. The number of hydrogen-bond acceptors (Lipinski definition) is 5. The number of ether oxygens (including phenoxy) is 2. The second kappa shape index (κ2) is 5.14. The van der Waals surface area contributed by atoms with Gasteiger partial charge < -0.3 is 9.47 Å². The van der Waals surface area contributed by atoms with Crippen LogP contribution in [0.15, 0.2) is 0 Å². The fourth-order valence-corrected chi connectivity index (χ4v) is 5.98. The molecule has 0 aromatic heterocycles. The van der Waals surface area contributed by atoms with E-state index in [0.717, 1.165) is 12.8 Å². The third-order valence-electron chi connectivity index (χ3n) is 4.61. The molecule has 2 unspecified atom stereocenters. The molecule has 0 amide bonds.